The summed E-state index contributed by atoms with van der Waals surface area (Å²) >= 11 is 0. The van der Waals surface area contributed by atoms with Crippen LogP contribution >= 0.6 is 0 Å². The van der Waals surface area contributed by atoms with Crippen molar-refractivity contribution in [3.8, 4) is 5.88 Å². The predicted molar refractivity (Wildman–Crippen MR) is 72.4 cm³/mol. The van der Waals surface area contributed by atoms with Gasteiger partial charge in [0.15, 0.2) is 6.61 Å². The van der Waals surface area contributed by atoms with Crippen molar-refractivity contribution in [1.82, 2.24) is 4.98 Å². The topological polar surface area (TPSA) is 42.4 Å². The zero-order valence-electron chi connectivity index (χ0n) is 11.3. The Morgan fingerprint density at radius 1 is 1.18 bits per heavy atom. The van der Waals surface area contributed by atoms with Gasteiger partial charge in [0.25, 0.3) is 5.91 Å². The van der Waals surface area contributed by atoms with Gasteiger partial charge in [0.1, 0.15) is 5.69 Å². The molecule has 0 radical (unpaired) electrons. The van der Waals surface area contributed by atoms with Crippen LogP contribution in [0.15, 0.2) is 42.6 Å². The smallest absolute Gasteiger partial charge is 0.416 e. The molecule has 0 aliphatic carbocycles. The molecule has 1 amide bonds. The van der Waals surface area contributed by atoms with Gasteiger partial charge in [-0.25, -0.2) is 4.98 Å². The minimum atomic E-state index is -4.47. The summed E-state index contributed by atoms with van der Waals surface area (Å²) in [6.07, 6.45) is -2.97. The van der Waals surface area contributed by atoms with E-state index in [-0.39, 0.29) is 24.6 Å². The Hall–Kier alpha value is -2.57. The number of ether oxygens (including phenoxy) is 1. The molecule has 2 aromatic rings. The molecule has 0 unspecified atom stereocenters. The van der Waals surface area contributed by atoms with E-state index < -0.39 is 17.6 Å². The van der Waals surface area contributed by atoms with Gasteiger partial charge in [-0.2, -0.15) is 13.2 Å². The first kappa shape index (κ1) is 14.4. The lowest BCUT2D eigenvalue weighted by molar-refractivity contribution is -0.138. The van der Waals surface area contributed by atoms with Crippen LogP contribution in [-0.2, 0) is 17.5 Å². The Morgan fingerprint density at radius 3 is 2.73 bits per heavy atom. The van der Waals surface area contributed by atoms with Crippen molar-refractivity contribution in [2.24, 2.45) is 0 Å². The van der Waals surface area contributed by atoms with E-state index in [9.17, 15) is 18.0 Å². The fourth-order valence-electron chi connectivity index (χ4n) is 2.32. The number of aromatic nitrogens is 1. The minimum absolute atomic E-state index is 0.0278. The van der Waals surface area contributed by atoms with Crippen LogP contribution in [0.4, 0.5) is 18.9 Å². The standard InChI is InChI=1S/C15H11F3N2O2/c16-15(17,18)11-5-2-1-4-10(11)8-20-12-6-3-7-19-14(12)22-9-13(20)21/h1-7H,8-9H2. The molecule has 0 fully saturated rings. The molecule has 3 rings (SSSR count). The van der Waals surface area contributed by atoms with Gasteiger partial charge >= 0.3 is 6.18 Å². The molecular formula is C15H11F3N2O2. The van der Waals surface area contributed by atoms with Gasteiger partial charge in [-0.3, -0.25) is 4.79 Å². The van der Waals surface area contributed by atoms with Gasteiger partial charge in [0.2, 0.25) is 5.88 Å². The van der Waals surface area contributed by atoms with Gasteiger partial charge in [-0.05, 0) is 23.8 Å². The van der Waals surface area contributed by atoms with Gasteiger partial charge in [-0.1, -0.05) is 18.2 Å². The van der Waals surface area contributed by atoms with E-state index in [1.165, 1.54) is 29.3 Å². The Morgan fingerprint density at radius 2 is 1.95 bits per heavy atom. The van der Waals surface area contributed by atoms with E-state index in [4.69, 9.17) is 4.74 Å². The molecule has 0 saturated carbocycles. The monoisotopic (exact) mass is 308 g/mol. The zero-order valence-corrected chi connectivity index (χ0v) is 11.3. The molecule has 1 aliphatic heterocycles. The minimum Gasteiger partial charge on any atom is -0.466 e. The average Bonchev–Trinajstić information content (AvgIpc) is 2.50. The highest BCUT2D eigenvalue weighted by molar-refractivity contribution is 5.97. The number of halogens is 3. The number of hydrogen-bond donors (Lipinski definition) is 0. The number of carbonyl (C=O) groups excluding carboxylic acids is 1. The Bertz CT molecular complexity index is 716. The third kappa shape index (κ3) is 2.61. The fourth-order valence-corrected chi connectivity index (χ4v) is 2.32. The van der Waals surface area contributed by atoms with Crippen LogP contribution in [0.25, 0.3) is 0 Å². The van der Waals surface area contributed by atoms with E-state index in [1.54, 1.807) is 12.1 Å². The molecule has 1 aliphatic rings. The second kappa shape index (κ2) is 5.32. The molecule has 0 spiro atoms. The van der Waals surface area contributed by atoms with Gasteiger partial charge < -0.3 is 9.64 Å². The van der Waals surface area contributed by atoms with Gasteiger partial charge in [0.05, 0.1) is 12.1 Å². The maximum absolute atomic E-state index is 13.1. The summed E-state index contributed by atoms with van der Waals surface area (Å²) in [7, 11) is 0. The third-order valence-corrected chi connectivity index (χ3v) is 3.33. The number of amides is 1. The molecule has 0 atom stereocenters. The third-order valence-electron chi connectivity index (χ3n) is 3.33. The summed E-state index contributed by atoms with van der Waals surface area (Å²) in [4.78, 5) is 17.3. The first-order valence-corrected chi connectivity index (χ1v) is 6.50. The zero-order chi connectivity index (χ0) is 15.7. The summed E-state index contributed by atoms with van der Waals surface area (Å²) < 4.78 is 44.3. The Kier molecular flexibility index (Phi) is 3.48. The second-order valence-electron chi connectivity index (χ2n) is 4.75. The molecule has 4 nitrogen and oxygen atoms in total. The maximum Gasteiger partial charge on any atom is 0.416 e. The fraction of sp³-hybridized carbons (Fsp3) is 0.200. The highest BCUT2D eigenvalue weighted by Crippen LogP contribution is 2.35. The maximum atomic E-state index is 13.1. The van der Waals surface area contributed by atoms with E-state index in [0.29, 0.717) is 5.69 Å². The summed E-state index contributed by atoms with van der Waals surface area (Å²) in [5.74, 6) is -0.163. The highest BCUT2D eigenvalue weighted by Gasteiger charge is 2.35. The van der Waals surface area contributed by atoms with Crippen LogP contribution in [0, 0.1) is 0 Å². The number of rotatable bonds is 2. The van der Waals surface area contributed by atoms with Crippen LogP contribution in [0.5, 0.6) is 5.88 Å². The van der Waals surface area contributed by atoms with E-state index >= 15 is 0 Å². The van der Waals surface area contributed by atoms with Gasteiger partial charge in [-0.15, -0.1) is 0 Å². The molecular weight excluding hydrogens is 297 g/mol. The number of anilines is 1. The number of fused-ring (bicyclic) bond motifs is 1. The van der Waals surface area contributed by atoms with Crippen molar-refractivity contribution < 1.29 is 22.7 Å². The molecule has 114 valence electrons. The number of benzene rings is 1. The lowest BCUT2D eigenvalue weighted by atomic mass is 10.1. The molecule has 2 heterocycles. The summed E-state index contributed by atoms with van der Waals surface area (Å²) in [6, 6.07) is 8.40. The van der Waals surface area contributed by atoms with E-state index in [1.807, 2.05) is 0 Å². The van der Waals surface area contributed by atoms with E-state index in [0.717, 1.165) is 6.07 Å². The first-order chi connectivity index (χ1) is 10.5. The van der Waals surface area contributed by atoms with E-state index in [2.05, 4.69) is 4.98 Å². The summed E-state index contributed by atoms with van der Waals surface area (Å²) in [5, 5.41) is 0. The number of nitrogens with zero attached hydrogens (tertiary/aromatic N) is 2. The molecule has 1 aromatic heterocycles. The predicted octanol–water partition coefficient (Wildman–Crippen LogP) is 3.03. The molecule has 7 heteroatoms. The van der Waals surface area contributed by atoms with Crippen LogP contribution < -0.4 is 9.64 Å². The normalized spacial score (nSPS) is 14.5. The largest absolute Gasteiger partial charge is 0.466 e. The number of alkyl halides is 3. The number of hydrogen-bond acceptors (Lipinski definition) is 3. The first-order valence-electron chi connectivity index (χ1n) is 6.50. The Labute approximate surface area is 124 Å². The quantitative estimate of drug-likeness (QED) is 0.856. The van der Waals surface area contributed by atoms with Crippen LogP contribution in [0.3, 0.4) is 0 Å². The van der Waals surface area contributed by atoms with Crippen molar-refractivity contribution in [1.29, 1.82) is 0 Å². The summed E-state index contributed by atoms with van der Waals surface area (Å²) in [5.41, 5.74) is -0.351. The van der Waals surface area contributed by atoms with Crippen LogP contribution in [-0.4, -0.2) is 17.5 Å². The number of pyridine rings is 1. The lowest BCUT2D eigenvalue weighted by Gasteiger charge is -2.29. The average molecular weight is 308 g/mol. The van der Waals surface area contributed by atoms with Crippen LogP contribution in [0.1, 0.15) is 11.1 Å². The molecule has 0 bridgehead atoms. The molecule has 22 heavy (non-hydrogen) atoms. The van der Waals surface area contributed by atoms with Crippen molar-refractivity contribution in [3.63, 3.8) is 0 Å². The van der Waals surface area contributed by atoms with Crippen molar-refractivity contribution in [2.75, 3.05) is 11.5 Å². The molecule has 1 aromatic carbocycles. The molecule has 0 saturated heterocycles. The molecule has 0 N–H and O–H groups in total. The van der Waals surface area contributed by atoms with Crippen molar-refractivity contribution in [3.05, 3.63) is 53.7 Å². The van der Waals surface area contributed by atoms with Crippen molar-refractivity contribution in [2.45, 2.75) is 12.7 Å². The SMILES string of the molecule is O=C1COc2ncccc2N1Cc1ccccc1C(F)(F)F. The Balaban J connectivity index is 1.99. The van der Waals surface area contributed by atoms with Crippen LogP contribution in [0.2, 0.25) is 0 Å². The highest BCUT2D eigenvalue weighted by atomic mass is 19.4. The van der Waals surface area contributed by atoms with Crippen molar-refractivity contribution >= 4 is 11.6 Å². The summed E-state index contributed by atoms with van der Waals surface area (Å²) in [6.45, 7) is -0.422. The second-order valence-corrected chi connectivity index (χ2v) is 4.75. The lowest BCUT2D eigenvalue weighted by Crippen LogP contribution is -2.39. The number of carbonyl (C=O) groups is 1. The van der Waals surface area contributed by atoms with Gasteiger partial charge in [0, 0.05) is 6.20 Å².